The van der Waals surface area contributed by atoms with Gasteiger partial charge in [0.25, 0.3) is 0 Å². The highest BCUT2D eigenvalue weighted by atomic mass is 15.0. The van der Waals surface area contributed by atoms with Gasteiger partial charge in [-0.15, -0.1) is 0 Å². The van der Waals surface area contributed by atoms with Crippen LogP contribution in [0.5, 0.6) is 0 Å². The van der Waals surface area contributed by atoms with Crippen molar-refractivity contribution >= 4 is 45.1 Å². The van der Waals surface area contributed by atoms with E-state index in [-0.39, 0.29) is 5.41 Å². The summed E-state index contributed by atoms with van der Waals surface area (Å²) in [5.74, 6) is 0. The Hall–Kier alpha value is -7.52. The van der Waals surface area contributed by atoms with Crippen molar-refractivity contribution in [3.05, 3.63) is 210 Å². The van der Waals surface area contributed by atoms with Crippen LogP contribution >= 0.6 is 0 Å². The molecule has 0 amide bonds. The van der Waals surface area contributed by atoms with Gasteiger partial charge < -0.3 is 9.13 Å². The molecule has 13 rings (SSSR count). The lowest BCUT2D eigenvalue weighted by Crippen LogP contribution is -2.25. The van der Waals surface area contributed by atoms with Crippen molar-refractivity contribution in [1.82, 2.24) is 18.8 Å². The van der Waals surface area contributed by atoms with E-state index in [1.807, 2.05) is 24.8 Å². The number of nitrogens with zero attached hydrogens (tertiary/aromatic N) is 4. The van der Waals surface area contributed by atoms with Gasteiger partial charge in [0.2, 0.25) is 0 Å². The van der Waals surface area contributed by atoms with Crippen LogP contribution in [0, 0.1) is 0 Å². The summed E-state index contributed by atoms with van der Waals surface area (Å²) < 4.78 is 9.23. The zero-order valence-electron chi connectivity index (χ0n) is 30.2. The predicted octanol–water partition coefficient (Wildman–Crippen LogP) is 11.1. The van der Waals surface area contributed by atoms with E-state index in [0.717, 1.165) is 33.5 Å². The predicted molar refractivity (Wildman–Crippen MR) is 230 cm³/mol. The molecular weight excluding hydrogens is 681 g/mol. The molecule has 0 radical (unpaired) electrons. The minimum atomic E-state index is -0.389. The van der Waals surface area contributed by atoms with Crippen LogP contribution in [0.3, 0.4) is 0 Å². The van der Waals surface area contributed by atoms with Crippen LogP contribution in [0.25, 0.3) is 77.5 Å². The number of hydrogen-bond acceptors (Lipinski definition) is 1. The molecule has 1 aliphatic heterocycles. The van der Waals surface area contributed by atoms with Crippen molar-refractivity contribution in [3.8, 4) is 44.8 Å². The normalized spacial score (nSPS) is 13.8. The van der Waals surface area contributed by atoms with Crippen molar-refractivity contribution in [2.45, 2.75) is 5.41 Å². The van der Waals surface area contributed by atoms with Crippen LogP contribution in [0.15, 0.2) is 176 Å². The van der Waals surface area contributed by atoms with Gasteiger partial charge >= 0.3 is 12.4 Å². The Kier molecular flexibility index (Phi) is 5.76. The molecule has 0 N–H and O–H groups in total. The Morgan fingerprint density at radius 2 is 1.04 bits per heavy atom. The number of pyridine rings is 1. The van der Waals surface area contributed by atoms with E-state index in [9.17, 15) is 0 Å². The van der Waals surface area contributed by atoms with E-state index in [1.54, 1.807) is 0 Å². The van der Waals surface area contributed by atoms with E-state index in [2.05, 4.69) is 183 Å². The van der Waals surface area contributed by atoms with Gasteiger partial charge in [-0.1, -0.05) is 132 Å². The second-order valence-electron chi connectivity index (χ2n) is 15.2. The van der Waals surface area contributed by atoms with Crippen molar-refractivity contribution < 1.29 is 0 Å². The zero-order valence-corrected chi connectivity index (χ0v) is 30.2. The standard InChI is InChI=1S/C52H31N4/c1-5-13-43-36(9-1)37-10-2-6-14-44(37)52(43)45-15-7-3-12-40(45)50-46(52)26-25-39-38-11-4-8-16-47(38)56(51(39)50)35-23-19-33(20-24-35)32-17-21-34(22-18-32)55-48-27-28-53-29-41(48)42-30-54-31-49(42)55/h1-31H/q+1. The maximum atomic E-state index is 4.45. The molecule has 258 valence electrons. The molecule has 0 atom stereocenters. The highest BCUT2D eigenvalue weighted by Gasteiger charge is 2.52. The first-order chi connectivity index (χ1) is 27.8. The van der Waals surface area contributed by atoms with Crippen molar-refractivity contribution in [2.75, 3.05) is 0 Å². The molecule has 0 saturated carbocycles. The molecule has 7 aromatic carbocycles. The summed E-state index contributed by atoms with van der Waals surface area (Å²) in [5.41, 5.74) is 20.8. The average Bonchev–Trinajstić information content (AvgIpc) is 4.07. The molecule has 3 aliphatic rings. The van der Waals surface area contributed by atoms with Crippen molar-refractivity contribution in [2.24, 2.45) is 0 Å². The maximum Gasteiger partial charge on any atom is 0.317 e. The molecule has 3 aromatic heterocycles. The van der Waals surface area contributed by atoms with Crippen LogP contribution < -0.4 is 4.67 Å². The summed E-state index contributed by atoms with van der Waals surface area (Å²) in [5, 5.41) is 3.65. The van der Waals surface area contributed by atoms with Gasteiger partial charge in [-0.3, -0.25) is 4.98 Å². The number of hydrogen-bond donors (Lipinski definition) is 0. The molecule has 1 spiro atoms. The fourth-order valence-corrected chi connectivity index (χ4v) is 10.4. The van der Waals surface area contributed by atoms with E-state index in [1.165, 1.54) is 77.4 Å². The number of rotatable bonds is 3. The second kappa shape index (κ2) is 10.8. The minimum absolute atomic E-state index is 0.389. The third-order valence-electron chi connectivity index (χ3n) is 12.6. The first kappa shape index (κ1) is 29.9. The second-order valence-corrected chi connectivity index (χ2v) is 15.2. The van der Waals surface area contributed by atoms with Gasteiger partial charge in [0, 0.05) is 45.5 Å². The van der Waals surface area contributed by atoms with Crippen molar-refractivity contribution in [1.29, 1.82) is 0 Å². The molecule has 2 aliphatic carbocycles. The van der Waals surface area contributed by atoms with Crippen molar-refractivity contribution in [3.63, 3.8) is 0 Å². The Morgan fingerprint density at radius 1 is 0.446 bits per heavy atom. The summed E-state index contributed by atoms with van der Waals surface area (Å²) >= 11 is 0. The lowest BCUT2D eigenvalue weighted by molar-refractivity contribution is 0.794. The number of aromatic nitrogens is 3. The Bertz CT molecular complexity index is 3340. The van der Waals surface area contributed by atoms with E-state index < -0.39 is 0 Å². The van der Waals surface area contributed by atoms with Crippen LogP contribution in [0.2, 0.25) is 0 Å². The minimum Gasteiger partial charge on any atom is -0.309 e. The van der Waals surface area contributed by atoms with Gasteiger partial charge in [0.15, 0.2) is 0 Å². The largest absolute Gasteiger partial charge is 0.317 e. The van der Waals surface area contributed by atoms with Crippen LogP contribution in [0.4, 0.5) is 0 Å². The summed E-state index contributed by atoms with van der Waals surface area (Å²) in [4.78, 5) is 4.38. The number of fused-ring (bicyclic) bond motifs is 17. The monoisotopic (exact) mass is 711 g/mol. The molecule has 56 heavy (non-hydrogen) atoms. The average molecular weight is 712 g/mol. The summed E-state index contributed by atoms with van der Waals surface area (Å²) in [6.07, 6.45) is 7.66. The van der Waals surface area contributed by atoms with Crippen LogP contribution in [-0.2, 0) is 5.41 Å². The summed E-state index contributed by atoms with van der Waals surface area (Å²) in [6, 6.07) is 60.9. The highest BCUT2D eigenvalue weighted by molar-refractivity contribution is 6.17. The third-order valence-corrected chi connectivity index (χ3v) is 12.6. The third kappa shape index (κ3) is 3.64. The molecule has 0 unspecified atom stereocenters. The van der Waals surface area contributed by atoms with Gasteiger partial charge in [-0.2, -0.15) is 0 Å². The molecule has 10 aromatic rings. The molecular formula is C52H31N4+. The summed E-state index contributed by atoms with van der Waals surface area (Å²) in [6.45, 7) is 0. The van der Waals surface area contributed by atoms with Gasteiger partial charge in [0.05, 0.1) is 27.5 Å². The van der Waals surface area contributed by atoms with Crippen LogP contribution in [-0.4, -0.2) is 26.5 Å². The number of para-hydroxylation sites is 1. The first-order valence-corrected chi connectivity index (χ1v) is 19.2. The molecule has 0 saturated heterocycles. The fraction of sp³-hybridized carbons (Fsp3) is 0.0192. The van der Waals surface area contributed by atoms with Gasteiger partial charge in [0.1, 0.15) is 5.69 Å². The molecule has 0 bridgehead atoms. The Morgan fingerprint density at radius 3 is 1.75 bits per heavy atom. The SMILES string of the molecule is C1=[N+]=Cc2c1c1cnccc1n2-c1ccc(-c2ccc(-n3c4ccccc4c4ccc5c(c43)-c3ccccc3C53c4ccccc4-c4ccccc43)cc2)cc1. The van der Waals surface area contributed by atoms with Gasteiger partial charge in [-0.05, 0) is 86.5 Å². The fourth-order valence-electron chi connectivity index (χ4n) is 10.4. The highest BCUT2D eigenvalue weighted by Crippen LogP contribution is 2.64. The maximum absolute atomic E-state index is 4.45. The van der Waals surface area contributed by atoms with Crippen LogP contribution in [0.1, 0.15) is 33.5 Å². The Balaban J connectivity index is 0.991. The topological polar surface area (TPSA) is 36.9 Å². The Labute approximate surface area is 322 Å². The first-order valence-electron chi connectivity index (χ1n) is 19.2. The van der Waals surface area contributed by atoms with E-state index in [0.29, 0.717) is 0 Å². The quantitative estimate of drug-likeness (QED) is 0.168. The summed E-state index contributed by atoms with van der Waals surface area (Å²) in [7, 11) is 0. The molecule has 4 heteroatoms. The lowest BCUT2D eigenvalue weighted by atomic mass is 9.70. The molecule has 4 heterocycles. The lowest BCUT2D eigenvalue weighted by Gasteiger charge is -2.30. The van der Waals surface area contributed by atoms with E-state index in [4.69, 9.17) is 0 Å². The van der Waals surface area contributed by atoms with Gasteiger partial charge in [-0.25, -0.2) is 0 Å². The van der Waals surface area contributed by atoms with E-state index >= 15 is 0 Å². The zero-order chi connectivity index (χ0) is 36.5. The number of benzene rings is 7. The molecule has 0 fully saturated rings. The smallest absolute Gasteiger partial charge is 0.309 e. The molecule has 4 nitrogen and oxygen atoms in total.